The van der Waals surface area contributed by atoms with Crippen molar-refractivity contribution in [1.29, 1.82) is 0 Å². The number of nitrogens with zero attached hydrogens (tertiary/aromatic N) is 2. The molecular weight excluding hydrogens is 506 g/mol. The van der Waals surface area contributed by atoms with E-state index < -0.39 is 0 Å². The maximum Gasteiger partial charge on any atom is 0.222 e. The molecule has 0 unspecified atom stereocenters. The summed E-state index contributed by atoms with van der Waals surface area (Å²) in [5.74, 6) is 2.35. The third-order valence-corrected chi connectivity index (χ3v) is 8.63. The second-order valence-electron chi connectivity index (χ2n) is 11.3. The minimum absolute atomic E-state index is 0.0402. The fourth-order valence-electron chi connectivity index (χ4n) is 6.44. The lowest BCUT2D eigenvalue weighted by molar-refractivity contribution is -0.129. The van der Waals surface area contributed by atoms with Crippen molar-refractivity contribution < 1.29 is 23.7 Å². The van der Waals surface area contributed by atoms with Crippen LogP contribution in [0.3, 0.4) is 0 Å². The molecule has 2 aromatic rings. The number of methoxy groups -OCH3 is 2. The van der Waals surface area contributed by atoms with E-state index in [1.807, 2.05) is 12.1 Å². The second kappa shape index (κ2) is 13.7. The molecule has 0 saturated carbocycles. The SMILES string of the molecule is COCCCN1CCOc2ccc(CO[C@H]3CN[C@@H](C[C@@H](C)N4CCCC4=O)C[C@@H]3c3ccc(OC)cc3)cc21. The average Bonchev–Trinajstić information content (AvgIpc) is 3.42. The monoisotopic (exact) mass is 551 g/mol. The molecular formula is C32H45N3O5. The van der Waals surface area contributed by atoms with E-state index in [-0.39, 0.29) is 18.1 Å². The van der Waals surface area contributed by atoms with Crippen molar-refractivity contribution in [3.8, 4) is 11.5 Å². The largest absolute Gasteiger partial charge is 0.497 e. The van der Waals surface area contributed by atoms with Gasteiger partial charge in [0.2, 0.25) is 5.91 Å². The number of benzene rings is 2. The van der Waals surface area contributed by atoms with E-state index in [0.29, 0.717) is 31.6 Å². The molecule has 2 saturated heterocycles. The summed E-state index contributed by atoms with van der Waals surface area (Å²) in [6.45, 7) is 7.69. The number of piperidine rings is 1. The second-order valence-corrected chi connectivity index (χ2v) is 11.3. The van der Waals surface area contributed by atoms with Crippen LogP contribution in [0.5, 0.6) is 11.5 Å². The van der Waals surface area contributed by atoms with E-state index in [0.717, 1.165) is 81.2 Å². The molecule has 5 rings (SSSR count). The summed E-state index contributed by atoms with van der Waals surface area (Å²) in [4.78, 5) is 16.8. The highest BCUT2D eigenvalue weighted by Crippen LogP contribution is 2.36. The molecule has 3 aliphatic rings. The fraction of sp³-hybridized carbons (Fsp3) is 0.594. The van der Waals surface area contributed by atoms with E-state index in [1.54, 1.807) is 14.2 Å². The van der Waals surface area contributed by atoms with Gasteiger partial charge in [0.05, 0.1) is 32.1 Å². The fourth-order valence-corrected chi connectivity index (χ4v) is 6.44. The number of hydrogen-bond donors (Lipinski definition) is 1. The van der Waals surface area contributed by atoms with Crippen molar-refractivity contribution in [1.82, 2.24) is 10.2 Å². The van der Waals surface area contributed by atoms with Gasteiger partial charge in [0.25, 0.3) is 0 Å². The lowest BCUT2D eigenvalue weighted by Gasteiger charge is -2.39. The zero-order valence-corrected chi connectivity index (χ0v) is 24.3. The number of carbonyl (C=O) groups is 1. The van der Waals surface area contributed by atoms with Crippen molar-refractivity contribution in [2.75, 3.05) is 58.5 Å². The summed E-state index contributed by atoms with van der Waals surface area (Å²) in [6, 6.07) is 15.4. The first-order chi connectivity index (χ1) is 19.6. The number of ether oxygens (including phenoxy) is 4. The number of carbonyl (C=O) groups excluding carboxylic acids is 1. The Morgan fingerprint density at radius 2 is 1.98 bits per heavy atom. The van der Waals surface area contributed by atoms with Gasteiger partial charge in [0.15, 0.2) is 0 Å². The Kier molecular flexibility index (Phi) is 9.83. The van der Waals surface area contributed by atoms with Crippen LogP contribution in [-0.2, 0) is 20.9 Å². The van der Waals surface area contributed by atoms with Gasteiger partial charge in [0.1, 0.15) is 18.1 Å². The van der Waals surface area contributed by atoms with E-state index in [4.69, 9.17) is 18.9 Å². The van der Waals surface area contributed by atoms with Gasteiger partial charge in [-0.15, -0.1) is 0 Å². The van der Waals surface area contributed by atoms with Crippen LogP contribution in [0.15, 0.2) is 42.5 Å². The van der Waals surface area contributed by atoms with E-state index in [9.17, 15) is 4.79 Å². The smallest absolute Gasteiger partial charge is 0.222 e. The van der Waals surface area contributed by atoms with Gasteiger partial charge >= 0.3 is 0 Å². The first-order valence-electron chi connectivity index (χ1n) is 14.8. The van der Waals surface area contributed by atoms with E-state index in [1.165, 1.54) is 5.56 Å². The maximum absolute atomic E-state index is 12.3. The summed E-state index contributed by atoms with van der Waals surface area (Å²) in [5, 5.41) is 3.75. The number of rotatable bonds is 12. The highest BCUT2D eigenvalue weighted by atomic mass is 16.5. The minimum Gasteiger partial charge on any atom is -0.497 e. The molecule has 2 aromatic carbocycles. The van der Waals surface area contributed by atoms with Crippen molar-refractivity contribution in [3.05, 3.63) is 53.6 Å². The Bertz CT molecular complexity index is 1110. The zero-order valence-electron chi connectivity index (χ0n) is 24.3. The Labute approximate surface area is 238 Å². The van der Waals surface area contributed by atoms with Crippen LogP contribution in [0.2, 0.25) is 0 Å². The van der Waals surface area contributed by atoms with Gasteiger partial charge in [-0.05, 0) is 68.0 Å². The molecule has 40 heavy (non-hydrogen) atoms. The number of hydrogen-bond acceptors (Lipinski definition) is 7. The lowest BCUT2D eigenvalue weighted by Crippen LogP contribution is -2.49. The maximum atomic E-state index is 12.3. The van der Waals surface area contributed by atoms with Gasteiger partial charge in [-0.1, -0.05) is 18.2 Å². The summed E-state index contributed by atoms with van der Waals surface area (Å²) in [5.41, 5.74) is 3.56. The topological polar surface area (TPSA) is 72.5 Å². The Morgan fingerprint density at radius 1 is 1.12 bits per heavy atom. The van der Waals surface area contributed by atoms with Gasteiger partial charge in [-0.25, -0.2) is 0 Å². The van der Waals surface area contributed by atoms with E-state index in [2.05, 4.69) is 52.4 Å². The molecule has 0 spiro atoms. The molecule has 4 atom stereocenters. The van der Waals surface area contributed by atoms with Crippen molar-refractivity contribution in [3.63, 3.8) is 0 Å². The third-order valence-electron chi connectivity index (χ3n) is 8.63. The zero-order chi connectivity index (χ0) is 27.9. The van der Waals surface area contributed by atoms with Crippen LogP contribution >= 0.6 is 0 Å². The Balaban J connectivity index is 1.26. The highest BCUT2D eigenvalue weighted by molar-refractivity contribution is 5.78. The molecule has 8 nitrogen and oxygen atoms in total. The Hall–Kier alpha value is -2.81. The number of nitrogens with one attached hydrogen (secondary N) is 1. The third kappa shape index (κ3) is 6.90. The van der Waals surface area contributed by atoms with Crippen LogP contribution in [0.1, 0.15) is 56.1 Å². The molecule has 1 amide bonds. The predicted octanol–water partition coefficient (Wildman–Crippen LogP) is 4.36. The van der Waals surface area contributed by atoms with Crippen LogP contribution in [-0.4, -0.2) is 82.6 Å². The van der Waals surface area contributed by atoms with Crippen molar-refractivity contribution in [2.24, 2.45) is 0 Å². The molecule has 0 bridgehead atoms. The number of anilines is 1. The van der Waals surface area contributed by atoms with Crippen LogP contribution in [0, 0.1) is 0 Å². The lowest BCUT2D eigenvalue weighted by atomic mass is 9.82. The molecule has 0 aromatic heterocycles. The van der Waals surface area contributed by atoms with Crippen LogP contribution < -0.4 is 19.7 Å². The molecule has 2 fully saturated rings. The van der Waals surface area contributed by atoms with Gasteiger partial charge < -0.3 is 34.1 Å². The summed E-state index contributed by atoms with van der Waals surface area (Å²) >= 11 is 0. The van der Waals surface area contributed by atoms with Crippen molar-refractivity contribution in [2.45, 2.75) is 69.7 Å². The number of amides is 1. The summed E-state index contributed by atoms with van der Waals surface area (Å²) in [6.07, 6.45) is 4.61. The average molecular weight is 552 g/mol. The van der Waals surface area contributed by atoms with Crippen LogP contribution in [0.4, 0.5) is 5.69 Å². The van der Waals surface area contributed by atoms with Crippen LogP contribution in [0.25, 0.3) is 0 Å². The molecule has 1 N–H and O–H groups in total. The molecule has 8 heteroatoms. The van der Waals surface area contributed by atoms with Gasteiger partial charge in [-0.2, -0.15) is 0 Å². The van der Waals surface area contributed by atoms with Gasteiger partial charge in [-0.3, -0.25) is 4.79 Å². The summed E-state index contributed by atoms with van der Waals surface area (Å²) < 4.78 is 23.3. The number of likely N-dealkylation sites (tertiary alicyclic amines) is 1. The van der Waals surface area contributed by atoms with E-state index >= 15 is 0 Å². The highest BCUT2D eigenvalue weighted by Gasteiger charge is 2.35. The molecule has 3 heterocycles. The number of fused-ring (bicyclic) bond motifs is 1. The van der Waals surface area contributed by atoms with Crippen molar-refractivity contribution >= 4 is 11.6 Å². The Morgan fingerprint density at radius 3 is 2.73 bits per heavy atom. The summed E-state index contributed by atoms with van der Waals surface area (Å²) in [7, 11) is 3.45. The normalized spacial score (nSPS) is 23.6. The molecule has 218 valence electrons. The first kappa shape index (κ1) is 28.7. The standard InChI is InChI=1S/C32H45N3O5/c1-23(35-14-4-6-32(35)36)18-26-20-28(25-8-10-27(38-3)11-9-25)31(21-33-26)40-22-24-7-12-30-29(19-24)34(15-17-39-30)13-5-16-37-2/h7-12,19,23,26,28,31,33H,4-6,13-18,20-22H2,1-3H3/t23-,26+,28-,31+/m1/s1. The van der Waals surface area contributed by atoms with Gasteiger partial charge in [0, 0.05) is 57.8 Å². The molecule has 3 aliphatic heterocycles. The quantitative estimate of drug-likeness (QED) is 0.393. The molecule has 0 radical (unpaired) electrons. The minimum atomic E-state index is 0.0402. The molecule has 0 aliphatic carbocycles. The predicted molar refractivity (Wildman–Crippen MR) is 156 cm³/mol. The first-order valence-corrected chi connectivity index (χ1v) is 14.8.